The molecule has 4 N–H and O–H groups in total. The number of aromatic amines is 1. The molecule has 4 heterocycles. The summed E-state index contributed by atoms with van der Waals surface area (Å²) in [6.07, 6.45) is 2.55. The summed E-state index contributed by atoms with van der Waals surface area (Å²) in [5.41, 5.74) is 8.17. The maximum Gasteiger partial charge on any atom is 0.292 e. The van der Waals surface area contributed by atoms with Crippen molar-refractivity contribution in [2.75, 3.05) is 18.0 Å². The maximum absolute atomic E-state index is 15.1. The van der Waals surface area contributed by atoms with Crippen LogP contribution in [0.4, 0.5) is 10.2 Å². The van der Waals surface area contributed by atoms with E-state index in [1.54, 1.807) is 12.3 Å². The Bertz CT molecular complexity index is 1390. The summed E-state index contributed by atoms with van der Waals surface area (Å²) in [5.74, 6) is 0.0686. The molecule has 1 saturated heterocycles. The lowest BCUT2D eigenvalue weighted by molar-refractivity contribution is 0.0937. The summed E-state index contributed by atoms with van der Waals surface area (Å²) in [4.78, 5) is 23.0. The molecule has 182 valence electrons. The van der Waals surface area contributed by atoms with E-state index in [9.17, 15) is 4.79 Å². The molecule has 1 aliphatic heterocycles. The number of hydrogen-bond donors (Lipinski definition) is 3. The van der Waals surface area contributed by atoms with E-state index in [4.69, 9.17) is 10.3 Å². The molecular formula is C24H27FN8O2. The van der Waals surface area contributed by atoms with E-state index < -0.39 is 11.7 Å². The van der Waals surface area contributed by atoms with Crippen LogP contribution in [0.15, 0.2) is 35.0 Å². The summed E-state index contributed by atoms with van der Waals surface area (Å²) >= 11 is 0. The van der Waals surface area contributed by atoms with Crippen LogP contribution in [-0.4, -0.2) is 50.4 Å². The summed E-state index contributed by atoms with van der Waals surface area (Å²) in [7, 11) is 0. The van der Waals surface area contributed by atoms with Gasteiger partial charge in [-0.15, -0.1) is 0 Å². The SMILES string of the molecule is CC(C)(C)c1nc(C(=O)NCc2ccc(-c3ccnc4[nH]nc(N5CC[C@@H](N)C5)c34)cc2F)no1. The van der Waals surface area contributed by atoms with Crippen molar-refractivity contribution in [3.8, 4) is 11.1 Å². The number of amides is 1. The average Bonchev–Trinajstić information content (AvgIpc) is 3.56. The fourth-order valence-corrected chi connectivity index (χ4v) is 4.12. The molecule has 35 heavy (non-hydrogen) atoms. The lowest BCUT2D eigenvalue weighted by Crippen LogP contribution is -2.26. The molecule has 3 aromatic heterocycles. The smallest absolute Gasteiger partial charge is 0.292 e. The second-order valence-electron chi connectivity index (χ2n) is 9.79. The third kappa shape index (κ3) is 4.46. The lowest BCUT2D eigenvalue weighted by Gasteiger charge is -2.16. The topological polar surface area (TPSA) is 139 Å². The largest absolute Gasteiger partial charge is 0.353 e. The van der Waals surface area contributed by atoms with Crippen LogP contribution in [0.3, 0.4) is 0 Å². The third-order valence-corrected chi connectivity index (χ3v) is 6.04. The number of carbonyl (C=O) groups is 1. The van der Waals surface area contributed by atoms with Gasteiger partial charge in [-0.05, 0) is 29.7 Å². The highest BCUT2D eigenvalue weighted by Gasteiger charge is 2.26. The van der Waals surface area contributed by atoms with E-state index in [2.05, 4.69) is 35.5 Å². The molecule has 0 unspecified atom stereocenters. The molecule has 1 fully saturated rings. The molecule has 0 bridgehead atoms. The van der Waals surface area contributed by atoms with Crippen molar-refractivity contribution >= 4 is 22.8 Å². The zero-order valence-corrected chi connectivity index (χ0v) is 19.8. The van der Waals surface area contributed by atoms with Gasteiger partial charge in [-0.3, -0.25) is 9.89 Å². The number of nitrogens with two attached hydrogens (primary N) is 1. The predicted octanol–water partition coefficient (Wildman–Crippen LogP) is 2.91. The Morgan fingerprint density at radius 3 is 2.86 bits per heavy atom. The Hall–Kier alpha value is -3.86. The van der Waals surface area contributed by atoms with Crippen LogP contribution in [0.2, 0.25) is 0 Å². The van der Waals surface area contributed by atoms with E-state index in [0.717, 1.165) is 29.7 Å². The van der Waals surface area contributed by atoms with Crippen LogP contribution >= 0.6 is 0 Å². The third-order valence-electron chi connectivity index (χ3n) is 6.04. The molecule has 1 amide bonds. The zero-order chi connectivity index (χ0) is 24.7. The van der Waals surface area contributed by atoms with Crippen LogP contribution in [0.5, 0.6) is 0 Å². The number of fused-ring (bicyclic) bond motifs is 1. The quantitative estimate of drug-likeness (QED) is 0.398. The standard InChI is InChI=1S/C24H27FN8O2/c1-24(2,3)23-29-20(32-35-23)22(34)28-11-14-5-4-13(10-17(14)25)16-6-8-27-19-18(16)21(31-30-19)33-9-7-15(26)12-33/h4-6,8,10,15H,7,9,11-12,26H2,1-3H3,(H,28,34)(H,27,30,31)/t15-/m1/s1. The molecule has 0 aliphatic carbocycles. The first-order chi connectivity index (χ1) is 16.7. The van der Waals surface area contributed by atoms with Crippen molar-refractivity contribution in [2.24, 2.45) is 5.73 Å². The van der Waals surface area contributed by atoms with Gasteiger partial charge in [0, 0.05) is 42.9 Å². The van der Waals surface area contributed by atoms with Crippen molar-refractivity contribution in [1.82, 2.24) is 30.6 Å². The van der Waals surface area contributed by atoms with Crippen LogP contribution in [0.1, 0.15) is 49.3 Å². The number of rotatable bonds is 5. The van der Waals surface area contributed by atoms with Crippen LogP contribution < -0.4 is 16.0 Å². The Morgan fingerprint density at radius 1 is 1.34 bits per heavy atom. The van der Waals surface area contributed by atoms with Gasteiger partial charge in [0.15, 0.2) is 11.5 Å². The molecule has 0 saturated carbocycles. The highest BCUT2D eigenvalue weighted by molar-refractivity contribution is 6.00. The zero-order valence-electron chi connectivity index (χ0n) is 19.8. The molecular weight excluding hydrogens is 451 g/mol. The molecule has 1 aromatic carbocycles. The number of halogens is 1. The molecule has 11 heteroatoms. The molecule has 1 atom stereocenters. The minimum Gasteiger partial charge on any atom is -0.353 e. The fraction of sp³-hybridized carbons (Fsp3) is 0.375. The van der Waals surface area contributed by atoms with Crippen LogP contribution in [-0.2, 0) is 12.0 Å². The summed E-state index contributed by atoms with van der Waals surface area (Å²) < 4.78 is 20.2. The number of nitrogens with one attached hydrogen (secondary N) is 2. The second kappa shape index (κ2) is 8.73. The molecule has 4 aromatic rings. The first-order valence-corrected chi connectivity index (χ1v) is 11.5. The van der Waals surface area contributed by atoms with Gasteiger partial charge in [-0.2, -0.15) is 10.1 Å². The van der Waals surface area contributed by atoms with Crippen molar-refractivity contribution in [1.29, 1.82) is 0 Å². The summed E-state index contributed by atoms with van der Waals surface area (Å²) in [5, 5.41) is 14.6. The van der Waals surface area contributed by atoms with Gasteiger partial charge >= 0.3 is 0 Å². The monoisotopic (exact) mass is 478 g/mol. The summed E-state index contributed by atoms with van der Waals surface area (Å²) in [6, 6.07) is 6.87. The van der Waals surface area contributed by atoms with Crippen molar-refractivity contribution in [3.05, 3.63) is 53.6 Å². The Labute approximate surface area is 201 Å². The lowest BCUT2D eigenvalue weighted by atomic mass is 9.97. The fourth-order valence-electron chi connectivity index (χ4n) is 4.12. The first-order valence-electron chi connectivity index (χ1n) is 11.5. The minimum atomic E-state index is -0.532. The molecule has 10 nitrogen and oxygen atoms in total. The highest BCUT2D eigenvalue weighted by atomic mass is 19.1. The van der Waals surface area contributed by atoms with Gasteiger partial charge in [0.25, 0.3) is 11.7 Å². The highest BCUT2D eigenvalue weighted by Crippen LogP contribution is 2.35. The van der Waals surface area contributed by atoms with Gasteiger partial charge in [-0.25, -0.2) is 9.37 Å². The van der Waals surface area contributed by atoms with Crippen molar-refractivity contribution in [3.63, 3.8) is 0 Å². The number of hydrogen-bond acceptors (Lipinski definition) is 8. The molecule has 0 radical (unpaired) electrons. The van der Waals surface area contributed by atoms with Crippen molar-refractivity contribution in [2.45, 2.75) is 45.2 Å². The molecule has 5 rings (SSSR count). The van der Waals surface area contributed by atoms with E-state index in [-0.39, 0.29) is 23.8 Å². The number of benzene rings is 1. The number of H-pyrrole nitrogens is 1. The van der Waals surface area contributed by atoms with Gasteiger partial charge in [-0.1, -0.05) is 38.1 Å². The normalized spacial score (nSPS) is 16.3. The maximum atomic E-state index is 15.1. The number of nitrogens with zero attached hydrogens (tertiary/aromatic N) is 5. The van der Waals surface area contributed by atoms with Crippen LogP contribution in [0.25, 0.3) is 22.2 Å². The van der Waals surface area contributed by atoms with E-state index in [1.807, 2.05) is 32.9 Å². The minimum absolute atomic E-state index is 0.0152. The van der Waals surface area contributed by atoms with Gasteiger partial charge in [0.05, 0.1) is 5.39 Å². The molecule has 1 aliphatic rings. The number of carbonyl (C=O) groups excluding carboxylic acids is 1. The average molecular weight is 479 g/mol. The predicted molar refractivity (Wildman–Crippen MR) is 128 cm³/mol. The second-order valence-corrected chi connectivity index (χ2v) is 9.79. The van der Waals surface area contributed by atoms with E-state index in [1.165, 1.54) is 6.07 Å². The number of aromatic nitrogens is 5. The first kappa shape index (κ1) is 22.9. The van der Waals surface area contributed by atoms with E-state index >= 15 is 4.39 Å². The van der Waals surface area contributed by atoms with Crippen LogP contribution in [0, 0.1) is 5.82 Å². The van der Waals surface area contributed by atoms with Gasteiger partial charge < -0.3 is 20.5 Å². The summed E-state index contributed by atoms with van der Waals surface area (Å²) in [6.45, 7) is 7.21. The van der Waals surface area contributed by atoms with Gasteiger partial charge in [0.2, 0.25) is 5.89 Å². The van der Waals surface area contributed by atoms with E-state index in [0.29, 0.717) is 29.2 Å². The van der Waals surface area contributed by atoms with Crippen molar-refractivity contribution < 1.29 is 13.7 Å². The Balaban J connectivity index is 1.36. The molecule has 0 spiro atoms. The Kier molecular flexibility index (Phi) is 5.72. The van der Waals surface area contributed by atoms with Gasteiger partial charge in [0.1, 0.15) is 5.82 Å². The number of pyridine rings is 1. The Morgan fingerprint density at radius 2 is 2.17 bits per heavy atom. The number of anilines is 1.